The first-order valence-electron chi connectivity index (χ1n) is 7.89. The molecule has 0 radical (unpaired) electrons. The molecular weight excluding hydrogens is 403 g/mol. The second kappa shape index (κ2) is 5.83. The molecule has 0 aromatic carbocycles. The standard InChI is InChI=1S/C14H20N3O3.F6P/c1-15(2)14(16(3)4)20-17-12(18)10-8-5-6-9(7-8)11(10)13(17)19;1-7(2,3,4,5)6/h5-6,8-11H,7H2,1-4H3;/q+1;-1/t8-,9-,10-,11+;/m0./s1. The first-order valence-corrected chi connectivity index (χ1v) is 9.91. The molecule has 2 fully saturated rings. The Kier molecular flexibility index (Phi) is 4.63. The van der Waals surface area contributed by atoms with Crippen molar-refractivity contribution in [3.05, 3.63) is 12.2 Å². The third-order valence-electron chi connectivity index (χ3n) is 4.37. The number of halogens is 6. The third-order valence-corrected chi connectivity index (χ3v) is 4.37. The number of carbonyl (C=O) groups is 2. The number of amides is 2. The molecule has 4 atom stereocenters. The Morgan fingerprint density at radius 3 is 1.70 bits per heavy atom. The predicted octanol–water partition coefficient (Wildman–Crippen LogP) is 3.30. The number of hydroxylamine groups is 2. The molecular formula is C14H20F6N3O3P. The van der Waals surface area contributed by atoms with Crippen LogP contribution in [-0.2, 0) is 14.4 Å². The Bertz CT molecular complexity index is 689. The van der Waals surface area contributed by atoms with Gasteiger partial charge in [0.2, 0.25) is 0 Å². The summed E-state index contributed by atoms with van der Waals surface area (Å²) < 4.78 is 60.9. The fraction of sp³-hybridized carbons (Fsp3) is 0.643. The summed E-state index contributed by atoms with van der Waals surface area (Å²) in [5.74, 6) is -0.420. The molecule has 0 spiro atoms. The van der Waals surface area contributed by atoms with Gasteiger partial charge >= 0.3 is 39.0 Å². The van der Waals surface area contributed by atoms with Gasteiger partial charge in [-0.05, 0) is 18.3 Å². The summed E-state index contributed by atoms with van der Waals surface area (Å²) in [7, 11) is -3.41. The molecule has 1 aliphatic heterocycles. The Morgan fingerprint density at radius 1 is 1.04 bits per heavy atom. The average Bonchev–Trinajstić information content (AvgIpc) is 3.08. The van der Waals surface area contributed by atoms with Crippen LogP contribution in [0.5, 0.6) is 0 Å². The van der Waals surface area contributed by atoms with Gasteiger partial charge in [0.05, 0.1) is 40.0 Å². The molecule has 0 aromatic heterocycles. The average molecular weight is 423 g/mol. The predicted molar refractivity (Wildman–Crippen MR) is 85.0 cm³/mol. The second-order valence-electron chi connectivity index (χ2n) is 7.09. The molecule has 156 valence electrons. The van der Waals surface area contributed by atoms with Gasteiger partial charge in [0.25, 0.3) is 11.8 Å². The van der Waals surface area contributed by atoms with E-state index >= 15 is 0 Å². The summed E-state index contributed by atoms with van der Waals surface area (Å²) in [5, 5.41) is 0.969. The SMILES string of the molecule is CN(C)C(ON1C(=O)[C@@H]2[C@H](C1=O)[C@H]1C=C[C@H]2C1)=[N+](C)C.F[P-](F)(F)(F)(F)F. The van der Waals surface area contributed by atoms with Crippen molar-refractivity contribution in [2.45, 2.75) is 6.42 Å². The molecule has 1 saturated carbocycles. The number of rotatable bonds is 1. The fourth-order valence-electron chi connectivity index (χ4n) is 3.61. The number of hydrogen-bond acceptors (Lipinski definition) is 3. The summed E-state index contributed by atoms with van der Waals surface area (Å²) in [6.45, 7) is 0. The van der Waals surface area contributed by atoms with E-state index in [9.17, 15) is 34.8 Å². The van der Waals surface area contributed by atoms with Crippen LogP contribution >= 0.6 is 7.81 Å². The number of carbonyl (C=O) groups excluding carboxylic acids is 2. The topological polar surface area (TPSA) is 52.9 Å². The first kappa shape index (κ1) is 21.5. The number of fused-ring (bicyclic) bond motifs is 5. The van der Waals surface area contributed by atoms with Crippen molar-refractivity contribution in [2.24, 2.45) is 23.7 Å². The van der Waals surface area contributed by atoms with Crippen LogP contribution in [0.25, 0.3) is 0 Å². The van der Waals surface area contributed by atoms with Gasteiger partial charge in [-0.1, -0.05) is 17.2 Å². The normalized spacial score (nSPS) is 31.0. The Balaban J connectivity index is 0.000000321. The van der Waals surface area contributed by atoms with Gasteiger partial charge in [0, 0.05) is 0 Å². The van der Waals surface area contributed by atoms with E-state index in [1.54, 1.807) is 9.48 Å². The van der Waals surface area contributed by atoms with E-state index in [4.69, 9.17) is 4.84 Å². The van der Waals surface area contributed by atoms with Gasteiger partial charge in [0.1, 0.15) is 0 Å². The van der Waals surface area contributed by atoms with Crippen LogP contribution in [-0.4, -0.2) is 60.6 Å². The van der Waals surface area contributed by atoms with Crippen molar-refractivity contribution < 1.29 is 44.2 Å². The van der Waals surface area contributed by atoms with Gasteiger partial charge in [-0.2, -0.15) is 0 Å². The molecule has 0 N–H and O–H groups in total. The van der Waals surface area contributed by atoms with Gasteiger partial charge < -0.3 is 0 Å². The van der Waals surface area contributed by atoms with Crippen LogP contribution in [0.3, 0.4) is 0 Å². The maximum atomic E-state index is 12.5. The molecule has 6 nitrogen and oxygen atoms in total. The summed E-state index contributed by atoms with van der Waals surface area (Å²) >= 11 is 0. The molecule has 3 rings (SSSR count). The second-order valence-corrected chi connectivity index (χ2v) is 9.01. The van der Waals surface area contributed by atoms with E-state index in [1.807, 2.05) is 28.2 Å². The number of imide groups is 1. The monoisotopic (exact) mass is 423 g/mol. The van der Waals surface area contributed by atoms with Gasteiger partial charge in [-0.25, -0.2) is 9.48 Å². The fourth-order valence-corrected chi connectivity index (χ4v) is 3.61. The first-order chi connectivity index (χ1) is 11.9. The van der Waals surface area contributed by atoms with Crippen molar-refractivity contribution in [3.8, 4) is 0 Å². The molecule has 1 heterocycles. The van der Waals surface area contributed by atoms with Crippen LogP contribution in [0, 0.1) is 23.7 Å². The Labute approximate surface area is 151 Å². The molecule has 27 heavy (non-hydrogen) atoms. The van der Waals surface area contributed by atoms with Crippen LogP contribution in [0.4, 0.5) is 25.2 Å². The van der Waals surface area contributed by atoms with E-state index in [2.05, 4.69) is 12.2 Å². The van der Waals surface area contributed by atoms with E-state index < -0.39 is 7.81 Å². The molecule has 2 amide bonds. The van der Waals surface area contributed by atoms with E-state index in [-0.39, 0.29) is 35.5 Å². The Morgan fingerprint density at radius 2 is 1.41 bits per heavy atom. The third kappa shape index (κ3) is 5.33. The zero-order valence-electron chi connectivity index (χ0n) is 15.0. The van der Waals surface area contributed by atoms with Crippen LogP contribution in [0.15, 0.2) is 12.2 Å². The van der Waals surface area contributed by atoms with Crippen molar-refractivity contribution in [1.82, 2.24) is 9.96 Å². The van der Waals surface area contributed by atoms with Gasteiger partial charge in [-0.15, -0.1) is 0 Å². The summed E-state index contributed by atoms with van der Waals surface area (Å²) in [6.07, 6.45) is 5.07. The molecule has 0 aromatic rings. The van der Waals surface area contributed by atoms with Crippen molar-refractivity contribution in [3.63, 3.8) is 0 Å². The van der Waals surface area contributed by atoms with E-state index in [0.717, 1.165) is 11.5 Å². The number of nitrogens with zero attached hydrogens (tertiary/aromatic N) is 3. The van der Waals surface area contributed by atoms with Crippen molar-refractivity contribution in [2.75, 3.05) is 28.2 Å². The summed E-state index contributed by atoms with van der Waals surface area (Å²) in [6, 6.07) is 0.465. The number of allylic oxidation sites excluding steroid dienone is 2. The van der Waals surface area contributed by atoms with Crippen molar-refractivity contribution in [1.29, 1.82) is 0 Å². The molecule has 3 aliphatic rings. The van der Waals surface area contributed by atoms with Crippen LogP contribution in [0.2, 0.25) is 0 Å². The molecule has 2 aliphatic carbocycles. The van der Waals surface area contributed by atoms with E-state index in [0.29, 0.717) is 6.02 Å². The zero-order chi connectivity index (χ0) is 21.0. The summed E-state index contributed by atoms with van der Waals surface area (Å²) in [5.41, 5.74) is 0. The quantitative estimate of drug-likeness (QED) is 0.124. The molecule has 13 heteroatoms. The number of amidine groups is 1. The van der Waals surface area contributed by atoms with Crippen LogP contribution in [0.1, 0.15) is 6.42 Å². The van der Waals surface area contributed by atoms with Gasteiger partial charge in [-0.3, -0.25) is 14.4 Å². The molecule has 2 bridgehead atoms. The van der Waals surface area contributed by atoms with Crippen molar-refractivity contribution >= 4 is 25.6 Å². The van der Waals surface area contributed by atoms with Crippen LogP contribution < -0.4 is 0 Å². The minimum absolute atomic E-state index is 0.196. The van der Waals surface area contributed by atoms with E-state index in [1.165, 1.54) is 0 Å². The van der Waals surface area contributed by atoms with Gasteiger partial charge in [0.15, 0.2) is 0 Å². The minimum atomic E-state index is -10.7. The number of hydrogen-bond donors (Lipinski definition) is 0. The zero-order valence-corrected chi connectivity index (χ0v) is 15.8. The molecule has 1 saturated heterocycles. The molecule has 0 unspecified atom stereocenters. The summed E-state index contributed by atoms with van der Waals surface area (Å²) in [4.78, 5) is 32.3. The Hall–Kier alpha value is -1.84. The maximum absolute atomic E-state index is 12.5.